The maximum absolute atomic E-state index is 5.45. The quantitative estimate of drug-likeness (QED) is 0.745. The third kappa shape index (κ3) is 2.13. The summed E-state index contributed by atoms with van der Waals surface area (Å²) >= 11 is 0. The molecule has 16 heavy (non-hydrogen) atoms. The van der Waals surface area contributed by atoms with Gasteiger partial charge < -0.3 is 5.32 Å². The standard InChI is InChI=1S/C15H19N/c1-4-5-12-8-14(11(2)3)9-13-6-7-16-10-15(12)13/h1,8-9,11,16H,5-7,10H2,2-3H3. The van der Waals surface area contributed by atoms with Crippen LogP contribution in [0.25, 0.3) is 0 Å². The average molecular weight is 213 g/mol. The van der Waals surface area contributed by atoms with Crippen LogP contribution in [0.3, 0.4) is 0 Å². The Hall–Kier alpha value is -1.26. The first-order valence-electron chi connectivity index (χ1n) is 6.01. The molecule has 84 valence electrons. The summed E-state index contributed by atoms with van der Waals surface area (Å²) in [6.07, 6.45) is 7.34. The lowest BCUT2D eigenvalue weighted by Gasteiger charge is -2.22. The highest BCUT2D eigenvalue weighted by Gasteiger charge is 2.14. The van der Waals surface area contributed by atoms with Gasteiger partial charge in [0.05, 0.1) is 0 Å². The third-order valence-electron chi connectivity index (χ3n) is 3.29. The molecule has 0 bridgehead atoms. The molecule has 0 spiro atoms. The lowest BCUT2D eigenvalue weighted by atomic mass is 9.89. The van der Waals surface area contributed by atoms with Gasteiger partial charge in [0.2, 0.25) is 0 Å². The van der Waals surface area contributed by atoms with Gasteiger partial charge in [-0.05, 0) is 41.1 Å². The van der Waals surface area contributed by atoms with Gasteiger partial charge in [-0.25, -0.2) is 0 Å². The van der Waals surface area contributed by atoms with E-state index < -0.39 is 0 Å². The Bertz CT molecular complexity index is 424. The van der Waals surface area contributed by atoms with E-state index in [1.165, 1.54) is 22.3 Å². The molecule has 0 aromatic heterocycles. The maximum atomic E-state index is 5.45. The topological polar surface area (TPSA) is 12.0 Å². The summed E-state index contributed by atoms with van der Waals surface area (Å²) in [7, 11) is 0. The first-order chi connectivity index (χ1) is 7.72. The predicted molar refractivity (Wildman–Crippen MR) is 68.5 cm³/mol. The fourth-order valence-electron chi connectivity index (χ4n) is 2.31. The van der Waals surface area contributed by atoms with E-state index in [0.29, 0.717) is 5.92 Å². The number of nitrogens with one attached hydrogen (secondary N) is 1. The van der Waals surface area contributed by atoms with Crippen molar-refractivity contribution in [2.75, 3.05) is 6.54 Å². The van der Waals surface area contributed by atoms with Crippen molar-refractivity contribution in [1.29, 1.82) is 0 Å². The molecule has 0 saturated carbocycles. The molecule has 0 atom stereocenters. The van der Waals surface area contributed by atoms with Crippen molar-refractivity contribution in [1.82, 2.24) is 5.32 Å². The van der Waals surface area contributed by atoms with Crippen LogP contribution < -0.4 is 5.32 Å². The van der Waals surface area contributed by atoms with Crippen LogP contribution in [0.15, 0.2) is 12.1 Å². The first kappa shape index (κ1) is 11.2. The van der Waals surface area contributed by atoms with Gasteiger partial charge >= 0.3 is 0 Å². The number of hydrogen-bond acceptors (Lipinski definition) is 1. The van der Waals surface area contributed by atoms with Crippen molar-refractivity contribution in [3.63, 3.8) is 0 Å². The van der Waals surface area contributed by atoms with E-state index in [1.807, 2.05) is 0 Å². The molecule has 1 aromatic rings. The molecule has 0 saturated heterocycles. The molecule has 1 aromatic carbocycles. The van der Waals surface area contributed by atoms with E-state index in [4.69, 9.17) is 6.42 Å². The summed E-state index contributed by atoms with van der Waals surface area (Å²) in [5.74, 6) is 3.35. The Labute approximate surface area is 98.3 Å². The minimum absolute atomic E-state index is 0.580. The monoisotopic (exact) mass is 213 g/mol. The molecule has 1 aliphatic heterocycles. The first-order valence-corrected chi connectivity index (χ1v) is 6.01. The van der Waals surface area contributed by atoms with E-state index in [-0.39, 0.29) is 0 Å². The summed E-state index contributed by atoms with van der Waals surface area (Å²) in [5, 5.41) is 3.42. The zero-order valence-corrected chi connectivity index (χ0v) is 10.1. The molecule has 0 aliphatic carbocycles. The lowest BCUT2D eigenvalue weighted by molar-refractivity contribution is 0.637. The van der Waals surface area contributed by atoms with Gasteiger partial charge in [-0.1, -0.05) is 26.0 Å². The van der Waals surface area contributed by atoms with Gasteiger partial charge in [-0.2, -0.15) is 0 Å². The van der Waals surface area contributed by atoms with Crippen molar-refractivity contribution in [2.24, 2.45) is 0 Å². The van der Waals surface area contributed by atoms with Crippen LogP contribution >= 0.6 is 0 Å². The van der Waals surface area contributed by atoms with Crippen molar-refractivity contribution in [3.8, 4) is 12.3 Å². The second-order valence-corrected chi connectivity index (χ2v) is 4.78. The van der Waals surface area contributed by atoms with Crippen LogP contribution in [0, 0.1) is 12.3 Å². The minimum Gasteiger partial charge on any atom is -0.312 e. The van der Waals surface area contributed by atoms with Gasteiger partial charge in [-0.3, -0.25) is 0 Å². The zero-order chi connectivity index (χ0) is 11.5. The number of benzene rings is 1. The molecule has 2 rings (SSSR count). The molecule has 0 radical (unpaired) electrons. The summed E-state index contributed by atoms with van der Waals surface area (Å²) in [6.45, 7) is 6.54. The molecular formula is C15H19N. The van der Waals surface area contributed by atoms with Crippen molar-refractivity contribution >= 4 is 0 Å². The van der Waals surface area contributed by atoms with Crippen molar-refractivity contribution in [2.45, 2.75) is 39.2 Å². The van der Waals surface area contributed by atoms with Crippen LogP contribution in [-0.4, -0.2) is 6.54 Å². The Kier molecular flexibility index (Phi) is 3.31. The fraction of sp³-hybridized carbons (Fsp3) is 0.467. The normalized spacial score (nSPS) is 14.6. The molecule has 1 heteroatoms. The molecule has 1 N–H and O–H groups in total. The highest BCUT2D eigenvalue weighted by atomic mass is 14.9. The van der Waals surface area contributed by atoms with E-state index >= 15 is 0 Å². The van der Waals surface area contributed by atoms with E-state index in [0.717, 1.165) is 25.9 Å². The van der Waals surface area contributed by atoms with E-state index in [1.54, 1.807) is 0 Å². The summed E-state index contributed by atoms with van der Waals surface area (Å²) in [4.78, 5) is 0. The zero-order valence-electron chi connectivity index (χ0n) is 10.1. The summed E-state index contributed by atoms with van der Waals surface area (Å²) in [5.41, 5.74) is 5.70. The lowest BCUT2D eigenvalue weighted by Crippen LogP contribution is -2.25. The van der Waals surface area contributed by atoms with Crippen LogP contribution in [0.4, 0.5) is 0 Å². The average Bonchev–Trinajstić information content (AvgIpc) is 2.29. The SMILES string of the molecule is C#CCc1cc(C(C)C)cc2c1CNCC2. The molecule has 0 amide bonds. The number of terminal acetylenes is 1. The number of hydrogen-bond donors (Lipinski definition) is 1. The molecule has 1 heterocycles. The van der Waals surface area contributed by atoms with Crippen LogP contribution in [-0.2, 0) is 19.4 Å². The molecular weight excluding hydrogens is 194 g/mol. The second kappa shape index (κ2) is 4.72. The fourth-order valence-corrected chi connectivity index (χ4v) is 2.31. The van der Waals surface area contributed by atoms with Gasteiger partial charge in [0.25, 0.3) is 0 Å². The molecule has 1 nitrogen and oxygen atoms in total. The summed E-state index contributed by atoms with van der Waals surface area (Å²) in [6, 6.07) is 4.65. The Balaban J connectivity index is 2.48. The van der Waals surface area contributed by atoms with Gasteiger partial charge in [0.1, 0.15) is 0 Å². The van der Waals surface area contributed by atoms with Crippen LogP contribution in [0.1, 0.15) is 42.0 Å². The summed E-state index contributed by atoms with van der Waals surface area (Å²) < 4.78 is 0. The van der Waals surface area contributed by atoms with Crippen LogP contribution in [0.5, 0.6) is 0 Å². The highest BCUT2D eigenvalue weighted by Crippen LogP contribution is 2.25. The van der Waals surface area contributed by atoms with Gasteiger partial charge in [0.15, 0.2) is 0 Å². The van der Waals surface area contributed by atoms with Crippen molar-refractivity contribution < 1.29 is 0 Å². The Morgan fingerprint density at radius 1 is 1.44 bits per heavy atom. The number of fused-ring (bicyclic) bond motifs is 1. The molecule has 0 unspecified atom stereocenters. The molecule has 0 fully saturated rings. The second-order valence-electron chi connectivity index (χ2n) is 4.78. The largest absolute Gasteiger partial charge is 0.312 e. The van der Waals surface area contributed by atoms with Crippen LogP contribution in [0.2, 0.25) is 0 Å². The maximum Gasteiger partial charge on any atom is 0.0341 e. The Morgan fingerprint density at radius 3 is 2.94 bits per heavy atom. The molecule has 1 aliphatic rings. The van der Waals surface area contributed by atoms with E-state index in [9.17, 15) is 0 Å². The predicted octanol–water partition coefficient (Wildman–Crippen LogP) is 2.63. The Morgan fingerprint density at radius 2 is 2.25 bits per heavy atom. The third-order valence-corrected chi connectivity index (χ3v) is 3.29. The van der Waals surface area contributed by atoms with Crippen molar-refractivity contribution in [3.05, 3.63) is 34.4 Å². The highest BCUT2D eigenvalue weighted by molar-refractivity contribution is 5.43. The van der Waals surface area contributed by atoms with E-state index in [2.05, 4.69) is 37.2 Å². The number of rotatable bonds is 2. The van der Waals surface area contributed by atoms with Gasteiger partial charge in [-0.15, -0.1) is 12.3 Å². The van der Waals surface area contributed by atoms with Gasteiger partial charge in [0, 0.05) is 13.0 Å². The minimum atomic E-state index is 0.580. The smallest absolute Gasteiger partial charge is 0.0341 e.